The first-order valence-corrected chi connectivity index (χ1v) is 12.3. The van der Waals surface area contributed by atoms with Crippen LogP contribution in [0.3, 0.4) is 0 Å². The number of carbonyl (C=O) groups is 2. The van der Waals surface area contributed by atoms with E-state index in [0.717, 1.165) is 24.1 Å². The number of aromatic nitrogens is 2. The van der Waals surface area contributed by atoms with Crippen LogP contribution in [-0.2, 0) is 11.3 Å². The number of aryl methyl sites for hydroxylation is 1. The van der Waals surface area contributed by atoms with E-state index in [-0.39, 0.29) is 29.2 Å². The first-order valence-electron chi connectivity index (χ1n) is 11.9. The summed E-state index contributed by atoms with van der Waals surface area (Å²) in [4.78, 5) is 25.4. The van der Waals surface area contributed by atoms with Gasteiger partial charge in [-0.15, -0.1) is 0 Å². The van der Waals surface area contributed by atoms with Crippen LogP contribution in [0.4, 0.5) is 5.69 Å². The topological polar surface area (TPSA) is 111 Å². The summed E-state index contributed by atoms with van der Waals surface area (Å²) in [5.41, 5.74) is 7.41. The molecular weight excluding hydrogens is 454 g/mol. The summed E-state index contributed by atoms with van der Waals surface area (Å²) >= 11 is 6.72. The maximum absolute atomic E-state index is 13.1. The molecule has 0 atom stereocenters. The van der Waals surface area contributed by atoms with Crippen molar-refractivity contribution >= 4 is 29.1 Å². The Hall–Kier alpha value is -2.74. The van der Waals surface area contributed by atoms with Gasteiger partial charge in [-0.3, -0.25) is 14.3 Å². The average molecular weight is 490 g/mol. The number of benzene rings is 1. The number of hydrogen-bond donors (Lipinski definition) is 3. The molecule has 1 aromatic carbocycles. The Kier molecular flexibility index (Phi) is 8.13. The van der Waals surface area contributed by atoms with E-state index in [4.69, 9.17) is 22.1 Å². The van der Waals surface area contributed by atoms with E-state index < -0.39 is 11.3 Å². The van der Waals surface area contributed by atoms with Crippen molar-refractivity contribution < 1.29 is 14.3 Å². The first-order chi connectivity index (χ1) is 16.1. The van der Waals surface area contributed by atoms with Gasteiger partial charge in [-0.05, 0) is 64.5 Å². The number of carbonyl (C=O) groups excluding carboxylic acids is 2. The van der Waals surface area contributed by atoms with Gasteiger partial charge in [0.15, 0.2) is 5.69 Å². The maximum Gasteiger partial charge on any atom is 0.273 e. The van der Waals surface area contributed by atoms with Gasteiger partial charge in [0.2, 0.25) is 5.91 Å². The molecule has 0 saturated heterocycles. The van der Waals surface area contributed by atoms with Gasteiger partial charge in [0.1, 0.15) is 5.75 Å². The van der Waals surface area contributed by atoms with Crippen LogP contribution in [0.1, 0.15) is 63.9 Å². The lowest BCUT2D eigenvalue weighted by molar-refractivity contribution is -0.129. The van der Waals surface area contributed by atoms with Gasteiger partial charge in [-0.2, -0.15) is 5.10 Å². The molecule has 2 aromatic rings. The van der Waals surface area contributed by atoms with Gasteiger partial charge in [-0.1, -0.05) is 18.5 Å². The van der Waals surface area contributed by atoms with Gasteiger partial charge >= 0.3 is 0 Å². The zero-order valence-electron chi connectivity index (χ0n) is 20.7. The van der Waals surface area contributed by atoms with E-state index >= 15 is 0 Å². The molecule has 1 aliphatic rings. The molecule has 1 saturated carbocycles. The van der Waals surface area contributed by atoms with Gasteiger partial charge in [0.25, 0.3) is 5.91 Å². The predicted molar refractivity (Wildman–Crippen MR) is 135 cm³/mol. The van der Waals surface area contributed by atoms with Crippen molar-refractivity contribution in [3.8, 4) is 17.0 Å². The fraction of sp³-hybridized carbons (Fsp3) is 0.560. The first kappa shape index (κ1) is 25.9. The Morgan fingerprint density at radius 1 is 1.32 bits per heavy atom. The Bertz CT molecular complexity index is 1040. The molecule has 8 nitrogen and oxygen atoms in total. The standard InChI is InChI=1S/C25H36ClN5O3/c1-6-31-22(18-8-7-17(29-15(2)3)13-19(18)34-5)20(26)21(30-31)23(32)28-14-25(24(27)33)11-9-16(4)10-12-25/h7-8,13,15-16,29H,6,9-12,14H2,1-5H3,(H2,27,33)(H,28,32). The number of nitrogens with two attached hydrogens (primary N) is 1. The minimum Gasteiger partial charge on any atom is -0.496 e. The summed E-state index contributed by atoms with van der Waals surface area (Å²) in [7, 11) is 1.60. The Morgan fingerprint density at radius 2 is 2.00 bits per heavy atom. The van der Waals surface area contributed by atoms with E-state index in [9.17, 15) is 9.59 Å². The summed E-state index contributed by atoms with van der Waals surface area (Å²) < 4.78 is 7.32. The summed E-state index contributed by atoms with van der Waals surface area (Å²) in [5.74, 6) is 0.385. The van der Waals surface area contributed by atoms with E-state index in [2.05, 4.69) is 36.5 Å². The number of anilines is 1. The van der Waals surface area contributed by atoms with E-state index in [0.29, 0.717) is 36.7 Å². The molecule has 4 N–H and O–H groups in total. The molecule has 0 aliphatic heterocycles. The average Bonchev–Trinajstić information content (AvgIpc) is 3.14. The quantitative estimate of drug-likeness (QED) is 0.481. The molecule has 3 rings (SSSR count). The van der Waals surface area contributed by atoms with Crippen LogP contribution in [0, 0.1) is 11.3 Å². The molecule has 1 aromatic heterocycles. The lowest BCUT2D eigenvalue weighted by Crippen LogP contribution is -2.48. The van der Waals surface area contributed by atoms with Crippen LogP contribution in [0.5, 0.6) is 5.75 Å². The zero-order valence-corrected chi connectivity index (χ0v) is 21.5. The highest BCUT2D eigenvalue weighted by atomic mass is 35.5. The summed E-state index contributed by atoms with van der Waals surface area (Å²) in [6, 6.07) is 6.03. The number of ether oxygens (including phenoxy) is 1. The monoisotopic (exact) mass is 489 g/mol. The lowest BCUT2D eigenvalue weighted by atomic mass is 9.70. The predicted octanol–water partition coefficient (Wildman–Crippen LogP) is 4.46. The van der Waals surface area contributed by atoms with Crippen molar-refractivity contribution in [1.82, 2.24) is 15.1 Å². The number of rotatable bonds is 9. The molecule has 1 heterocycles. The Balaban J connectivity index is 1.89. The molecule has 2 amide bonds. The Morgan fingerprint density at radius 3 is 2.56 bits per heavy atom. The van der Waals surface area contributed by atoms with E-state index in [1.54, 1.807) is 11.8 Å². The molecular formula is C25H36ClN5O3. The number of nitrogens with one attached hydrogen (secondary N) is 2. The number of nitrogens with zero attached hydrogens (tertiary/aromatic N) is 2. The second kappa shape index (κ2) is 10.7. The summed E-state index contributed by atoms with van der Waals surface area (Å²) in [6.45, 7) is 8.91. The number of amides is 2. The highest BCUT2D eigenvalue weighted by molar-refractivity contribution is 6.36. The molecule has 0 radical (unpaired) electrons. The largest absolute Gasteiger partial charge is 0.496 e. The highest BCUT2D eigenvalue weighted by Crippen LogP contribution is 2.40. The van der Waals surface area contributed by atoms with Crippen molar-refractivity contribution in [3.63, 3.8) is 0 Å². The van der Waals surface area contributed by atoms with Crippen molar-refractivity contribution in [2.24, 2.45) is 17.1 Å². The van der Waals surface area contributed by atoms with E-state index in [1.807, 2.05) is 25.1 Å². The van der Waals surface area contributed by atoms with Gasteiger partial charge in [-0.25, -0.2) is 0 Å². The second-order valence-corrected chi connectivity index (χ2v) is 9.93. The minimum absolute atomic E-state index is 0.119. The van der Waals surface area contributed by atoms with Crippen molar-refractivity contribution in [2.75, 3.05) is 19.0 Å². The van der Waals surface area contributed by atoms with Crippen molar-refractivity contribution in [1.29, 1.82) is 0 Å². The number of hydrogen-bond acceptors (Lipinski definition) is 5. The van der Waals surface area contributed by atoms with Gasteiger partial charge in [0.05, 0.1) is 23.2 Å². The summed E-state index contributed by atoms with van der Waals surface area (Å²) in [6.07, 6.45) is 3.16. The molecule has 0 bridgehead atoms. The second-order valence-electron chi connectivity index (χ2n) is 9.55. The zero-order chi connectivity index (χ0) is 25.0. The third kappa shape index (κ3) is 5.32. The van der Waals surface area contributed by atoms with Crippen LogP contribution < -0.4 is 21.1 Å². The minimum atomic E-state index is -0.729. The maximum atomic E-state index is 13.1. The van der Waals surface area contributed by atoms with E-state index in [1.165, 1.54) is 0 Å². The van der Waals surface area contributed by atoms with Crippen molar-refractivity contribution in [3.05, 3.63) is 28.9 Å². The molecule has 1 aliphatic carbocycles. The van der Waals surface area contributed by atoms with Crippen LogP contribution in [0.2, 0.25) is 5.02 Å². The Labute approximate surface area is 206 Å². The van der Waals surface area contributed by atoms with Crippen LogP contribution in [-0.4, -0.2) is 41.3 Å². The smallest absolute Gasteiger partial charge is 0.273 e. The fourth-order valence-corrected chi connectivity index (χ4v) is 4.86. The lowest BCUT2D eigenvalue weighted by Gasteiger charge is -2.36. The normalized spacial score (nSPS) is 20.3. The number of primary amides is 1. The highest BCUT2D eigenvalue weighted by Gasteiger charge is 2.40. The molecule has 0 unspecified atom stereocenters. The SMILES string of the molecule is CCn1nc(C(=O)NCC2(C(N)=O)CCC(C)CC2)c(Cl)c1-c1ccc(NC(C)C)cc1OC. The summed E-state index contributed by atoms with van der Waals surface area (Å²) in [5, 5.41) is 11.0. The van der Waals surface area contributed by atoms with Gasteiger partial charge in [0, 0.05) is 36.4 Å². The fourth-order valence-electron chi connectivity index (χ4n) is 4.54. The van der Waals surface area contributed by atoms with Crippen LogP contribution >= 0.6 is 11.6 Å². The molecule has 0 spiro atoms. The van der Waals surface area contributed by atoms with Crippen LogP contribution in [0.15, 0.2) is 18.2 Å². The molecule has 34 heavy (non-hydrogen) atoms. The van der Waals surface area contributed by atoms with Crippen molar-refractivity contribution in [2.45, 2.75) is 66.0 Å². The van der Waals surface area contributed by atoms with Gasteiger partial charge < -0.3 is 21.1 Å². The molecule has 9 heteroatoms. The number of methoxy groups -OCH3 is 1. The number of halogens is 1. The molecule has 186 valence electrons. The third-order valence-electron chi connectivity index (χ3n) is 6.66. The molecule has 1 fully saturated rings. The third-order valence-corrected chi connectivity index (χ3v) is 7.02. The van der Waals surface area contributed by atoms with Crippen LogP contribution in [0.25, 0.3) is 11.3 Å².